The minimum atomic E-state index is -4.84. The Balaban J connectivity index is 1.54. The number of benzene rings is 3. The van der Waals surface area contributed by atoms with Crippen LogP contribution in [0.15, 0.2) is 79.0 Å². The number of carbonyl (C=O) groups excluding carboxylic acids is 1. The van der Waals surface area contributed by atoms with Crippen molar-refractivity contribution in [2.24, 2.45) is 0 Å². The SMILES string of the molecule is N#Cc1cccc(COc2cccc(NC(=O)c3cnn(-c4ccc(Cl)cc4)c3C(F)(F)F)c2)c1. The summed E-state index contributed by atoms with van der Waals surface area (Å²) in [6.45, 7) is 0.166. The molecule has 0 unspecified atom stereocenters. The highest BCUT2D eigenvalue weighted by Gasteiger charge is 2.40. The highest BCUT2D eigenvalue weighted by molar-refractivity contribution is 6.30. The maximum Gasteiger partial charge on any atom is 0.434 e. The molecule has 1 amide bonds. The standard InChI is InChI=1S/C25H16ClF3N4O2/c26-18-7-9-20(10-8-18)33-23(25(27,28)29)22(14-31-33)24(34)32-19-5-2-6-21(12-19)35-15-17-4-1-3-16(11-17)13-30/h1-12,14H,15H2,(H,32,34). The van der Waals surface area contributed by atoms with Crippen LogP contribution in [0.25, 0.3) is 5.69 Å². The van der Waals surface area contributed by atoms with Gasteiger partial charge in [0, 0.05) is 16.8 Å². The summed E-state index contributed by atoms with van der Waals surface area (Å²) in [6, 6.07) is 20.8. The molecule has 0 aliphatic rings. The highest BCUT2D eigenvalue weighted by atomic mass is 35.5. The number of aromatic nitrogens is 2. The average Bonchev–Trinajstić information content (AvgIpc) is 3.30. The molecule has 6 nitrogen and oxygen atoms in total. The van der Waals surface area contributed by atoms with Gasteiger partial charge in [0.05, 0.1) is 29.1 Å². The molecule has 0 saturated heterocycles. The molecule has 0 spiro atoms. The lowest BCUT2D eigenvalue weighted by Gasteiger charge is -2.13. The Morgan fingerprint density at radius 1 is 1.09 bits per heavy atom. The van der Waals surface area contributed by atoms with E-state index < -0.39 is 23.3 Å². The molecular weight excluding hydrogens is 481 g/mol. The second-order valence-corrected chi connectivity index (χ2v) is 7.81. The van der Waals surface area contributed by atoms with Gasteiger partial charge in [-0.25, -0.2) is 4.68 Å². The quantitative estimate of drug-likeness (QED) is 0.342. The summed E-state index contributed by atoms with van der Waals surface area (Å²) in [5.74, 6) is -0.588. The van der Waals surface area contributed by atoms with Gasteiger partial charge in [0.15, 0.2) is 5.69 Å². The fourth-order valence-electron chi connectivity index (χ4n) is 3.32. The van der Waals surface area contributed by atoms with Crippen LogP contribution in [0.4, 0.5) is 18.9 Å². The summed E-state index contributed by atoms with van der Waals surface area (Å²) in [5, 5.41) is 15.6. The molecule has 0 atom stereocenters. The van der Waals surface area contributed by atoms with Crippen molar-refractivity contribution in [2.75, 3.05) is 5.32 Å². The number of nitrogens with one attached hydrogen (secondary N) is 1. The van der Waals surface area contributed by atoms with Crippen LogP contribution in [0.3, 0.4) is 0 Å². The molecular formula is C25H16ClF3N4O2. The molecule has 1 N–H and O–H groups in total. The van der Waals surface area contributed by atoms with E-state index in [-0.39, 0.29) is 18.0 Å². The van der Waals surface area contributed by atoms with Crippen LogP contribution in [-0.4, -0.2) is 15.7 Å². The Kier molecular flexibility index (Phi) is 6.75. The molecule has 0 aliphatic carbocycles. The summed E-state index contributed by atoms with van der Waals surface area (Å²) < 4.78 is 48.0. The van der Waals surface area contributed by atoms with Crippen LogP contribution in [0.2, 0.25) is 5.02 Å². The second-order valence-electron chi connectivity index (χ2n) is 7.38. The first-order valence-electron chi connectivity index (χ1n) is 10.2. The number of ether oxygens (including phenoxy) is 1. The van der Waals surface area contributed by atoms with Crippen molar-refractivity contribution in [3.8, 4) is 17.5 Å². The molecule has 3 aromatic carbocycles. The van der Waals surface area contributed by atoms with E-state index in [1.807, 2.05) is 6.07 Å². The summed E-state index contributed by atoms with van der Waals surface area (Å²) in [6.07, 6.45) is -3.97. The number of hydrogen-bond acceptors (Lipinski definition) is 4. The lowest BCUT2D eigenvalue weighted by molar-refractivity contribution is -0.143. The Morgan fingerprint density at radius 2 is 1.83 bits per heavy atom. The predicted octanol–water partition coefficient (Wildman–Crippen LogP) is 6.25. The zero-order valence-electron chi connectivity index (χ0n) is 17.9. The first kappa shape index (κ1) is 23.9. The van der Waals surface area contributed by atoms with Gasteiger partial charge >= 0.3 is 6.18 Å². The minimum Gasteiger partial charge on any atom is -0.489 e. The number of nitrogens with zero attached hydrogens (tertiary/aromatic N) is 3. The third-order valence-corrected chi connectivity index (χ3v) is 5.16. The summed E-state index contributed by atoms with van der Waals surface area (Å²) in [4.78, 5) is 12.8. The van der Waals surface area contributed by atoms with Gasteiger partial charge in [-0.1, -0.05) is 29.8 Å². The van der Waals surface area contributed by atoms with Crippen LogP contribution < -0.4 is 10.1 Å². The van der Waals surface area contributed by atoms with E-state index in [1.54, 1.807) is 36.4 Å². The Bertz CT molecular complexity index is 1410. The summed E-state index contributed by atoms with van der Waals surface area (Å²) in [7, 11) is 0. The van der Waals surface area contributed by atoms with Gasteiger partial charge in [0.25, 0.3) is 5.91 Å². The second kappa shape index (κ2) is 9.91. The van der Waals surface area contributed by atoms with Gasteiger partial charge in [-0.2, -0.15) is 23.5 Å². The molecule has 0 fully saturated rings. The van der Waals surface area contributed by atoms with Crippen molar-refractivity contribution in [1.82, 2.24) is 9.78 Å². The van der Waals surface area contributed by atoms with Crippen molar-refractivity contribution in [2.45, 2.75) is 12.8 Å². The topological polar surface area (TPSA) is 79.9 Å². The van der Waals surface area contributed by atoms with Crippen LogP contribution in [-0.2, 0) is 12.8 Å². The average molecular weight is 497 g/mol. The van der Waals surface area contributed by atoms with Crippen molar-refractivity contribution >= 4 is 23.2 Å². The molecule has 4 rings (SSSR count). The van der Waals surface area contributed by atoms with Crippen molar-refractivity contribution in [1.29, 1.82) is 5.26 Å². The number of rotatable bonds is 6. The molecule has 1 aromatic heterocycles. The van der Waals surface area contributed by atoms with Crippen LogP contribution in [0, 0.1) is 11.3 Å². The molecule has 0 bridgehead atoms. The molecule has 0 radical (unpaired) electrons. The maximum atomic E-state index is 13.9. The smallest absolute Gasteiger partial charge is 0.434 e. The predicted molar refractivity (Wildman–Crippen MR) is 123 cm³/mol. The van der Waals surface area contributed by atoms with Gasteiger partial charge in [0.1, 0.15) is 12.4 Å². The van der Waals surface area contributed by atoms with E-state index in [4.69, 9.17) is 21.6 Å². The van der Waals surface area contributed by atoms with Crippen molar-refractivity contribution in [3.63, 3.8) is 0 Å². The zero-order chi connectivity index (χ0) is 25.0. The molecule has 0 aliphatic heterocycles. The molecule has 1 heterocycles. The van der Waals surface area contributed by atoms with E-state index >= 15 is 0 Å². The molecule has 10 heteroatoms. The van der Waals surface area contributed by atoms with Crippen LogP contribution in [0.1, 0.15) is 27.2 Å². The number of halogens is 4. The highest BCUT2D eigenvalue weighted by Crippen LogP contribution is 2.34. The van der Waals surface area contributed by atoms with Crippen LogP contribution >= 0.6 is 11.6 Å². The maximum absolute atomic E-state index is 13.9. The fourth-order valence-corrected chi connectivity index (χ4v) is 3.45. The Labute approximate surface area is 203 Å². The first-order valence-corrected chi connectivity index (χ1v) is 10.6. The zero-order valence-corrected chi connectivity index (χ0v) is 18.6. The Hall–Kier alpha value is -4.29. The Morgan fingerprint density at radius 3 is 2.54 bits per heavy atom. The number of hydrogen-bond donors (Lipinski definition) is 1. The van der Waals surface area contributed by atoms with Gasteiger partial charge in [-0.15, -0.1) is 0 Å². The van der Waals surface area contributed by atoms with E-state index in [9.17, 15) is 18.0 Å². The minimum absolute atomic E-state index is 0.108. The molecule has 0 saturated carbocycles. The number of amides is 1. The molecule has 4 aromatic rings. The summed E-state index contributed by atoms with van der Waals surface area (Å²) >= 11 is 5.82. The third kappa shape index (κ3) is 5.62. The van der Waals surface area contributed by atoms with Crippen molar-refractivity contribution < 1.29 is 22.7 Å². The van der Waals surface area contributed by atoms with Gasteiger partial charge < -0.3 is 10.1 Å². The monoisotopic (exact) mass is 496 g/mol. The van der Waals surface area contributed by atoms with Gasteiger partial charge in [-0.05, 0) is 54.1 Å². The van der Waals surface area contributed by atoms with E-state index in [0.29, 0.717) is 21.0 Å². The normalized spacial score (nSPS) is 11.1. The van der Waals surface area contributed by atoms with E-state index in [0.717, 1.165) is 11.8 Å². The number of anilines is 1. The summed E-state index contributed by atoms with van der Waals surface area (Å²) in [5.41, 5.74) is -0.230. The number of nitriles is 1. The van der Waals surface area contributed by atoms with Gasteiger partial charge in [-0.3, -0.25) is 4.79 Å². The molecule has 176 valence electrons. The largest absolute Gasteiger partial charge is 0.489 e. The fraction of sp³-hybridized carbons (Fsp3) is 0.0800. The first-order chi connectivity index (χ1) is 16.7. The van der Waals surface area contributed by atoms with Crippen LogP contribution in [0.5, 0.6) is 5.75 Å². The number of carbonyl (C=O) groups is 1. The third-order valence-electron chi connectivity index (χ3n) is 4.91. The lowest BCUT2D eigenvalue weighted by Crippen LogP contribution is -2.20. The van der Waals surface area contributed by atoms with E-state index in [2.05, 4.69) is 10.4 Å². The van der Waals surface area contributed by atoms with Gasteiger partial charge in [0.2, 0.25) is 0 Å². The lowest BCUT2D eigenvalue weighted by atomic mass is 10.1. The number of alkyl halides is 3. The van der Waals surface area contributed by atoms with E-state index in [1.165, 1.54) is 36.4 Å². The van der Waals surface area contributed by atoms with Crippen molar-refractivity contribution in [3.05, 3.63) is 106 Å². The molecule has 35 heavy (non-hydrogen) atoms.